The van der Waals surface area contributed by atoms with E-state index in [2.05, 4.69) is 27.3 Å². The SMILES string of the molecule is CCN(CC(=O)Nc1ccccc1Br)CC(C)C#N. The lowest BCUT2D eigenvalue weighted by Gasteiger charge is -2.20. The molecule has 0 radical (unpaired) electrons. The molecule has 1 aromatic rings. The van der Waals surface area contributed by atoms with Gasteiger partial charge in [0, 0.05) is 11.0 Å². The summed E-state index contributed by atoms with van der Waals surface area (Å²) in [5, 5.41) is 11.7. The lowest BCUT2D eigenvalue weighted by molar-refractivity contribution is -0.117. The van der Waals surface area contributed by atoms with E-state index in [1.54, 1.807) is 0 Å². The minimum Gasteiger partial charge on any atom is -0.324 e. The molecule has 0 heterocycles. The number of nitriles is 1. The Bertz CT molecular complexity index is 470. The van der Waals surface area contributed by atoms with Gasteiger partial charge in [-0.25, -0.2) is 0 Å². The Labute approximate surface area is 122 Å². The minimum absolute atomic E-state index is 0.0705. The fourth-order valence-electron chi connectivity index (χ4n) is 1.69. The van der Waals surface area contributed by atoms with E-state index in [0.717, 1.165) is 16.7 Å². The second-order valence-corrected chi connectivity index (χ2v) is 5.24. The van der Waals surface area contributed by atoms with E-state index in [4.69, 9.17) is 5.26 Å². The molecule has 0 bridgehead atoms. The second-order valence-electron chi connectivity index (χ2n) is 4.39. The van der Waals surface area contributed by atoms with Crippen molar-refractivity contribution in [2.75, 3.05) is 25.0 Å². The van der Waals surface area contributed by atoms with Crippen LogP contribution in [0.1, 0.15) is 13.8 Å². The quantitative estimate of drug-likeness (QED) is 0.875. The Kier molecular flexibility index (Phi) is 6.54. The van der Waals surface area contributed by atoms with E-state index in [1.165, 1.54) is 0 Å². The van der Waals surface area contributed by atoms with E-state index in [0.29, 0.717) is 13.1 Å². The Hall–Kier alpha value is -1.38. The summed E-state index contributed by atoms with van der Waals surface area (Å²) in [6.45, 7) is 5.49. The Balaban J connectivity index is 2.55. The van der Waals surface area contributed by atoms with Crippen LogP contribution in [0.5, 0.6) is 0 Å². The number of nitrogens with zero attached hydrogens (tertiary/aromatic N) is 2. The number of anilines is 1. The molecule has 1 amide bonds. The molecule has 0 saturated carbocycles. The van der Waals surface area contributed by atoms with Gasteiger partial charge in [-0.3, -0.25) is 9.69 Å². The molecule has 0 aliphatic heterocycles. The predicted octanol–water partition coefficient (Wildman–Crippen LogP) is 2.87. The van der Waals surface area contributed by atoms with E-state index in [-0.39, 0.29) is 11.8 Å². The van der Waals surface area contributed by atoms with Crippen LogP contribution in [0, 0.1) is 17.2 Å². The molecule has 1 atom stereocenters. The van der Waals surface area contributed by atoms with Crippen molar-refractivity contribution in [3.05, 3.63) is 28.7 Å². The Morgan fingerprint density at radius 2 is 2.21 bits per heavy atom. The molecule has 1 N–H and O–H groups in total. The van der Waals surface area contributed by atoms with Crippen LogP contribution in [-0.4, -0.2) is 30.4 Å². The number of amides is 1. The maximum atomic E-state index is 11.9. The van der Waals surface area contributed by atoms with Gasteiger partial charge in [0.2, 0.25) is 5.91 Å². The number of carbonyl (C=O) groups excluding carboxylic acids is 1. The Morgan fingerprint density at radius 3 is 2.79 bits per heavy atom. The van der Waals surface area contributed by atoms with Crippen molar-refractivity contribution in [3.8, 4) is 6.07 Å². The van der Waals surface area contributed by atoms with Crippen molar-refractivity contribution in [1.29, 1.82) is 5.26 Å². The third kappa shape index (κ3) is 5.41. The van der Waals surface area contributed by atoms with Crippen molar-refractivity contribution in [2.24, 2.45) is 5.92 Å². The van der Waals surface area contributed by atoms with E-state index in [9.17, 15) is 4.79 Å². The van der Waals surface area contributed by atoms with Crippen LogP contribution < -0.4 is 5.32 Å². The van der Waals surface area contributed by atoms with Gasteiger partial charge in [0.25, 0.3) is 0 Å². The zero-order chi connectivity index (χ0) is 14.3. The maximum absolute atomic E-state index is 11.9. The van der Waals surface area contributed by atoms with Crippen LogP contribution in [0.2, 0.25) is 0 Å². The molecular formula is C14H18BrN3O. The fraction of sp³-hybridized carbons (Fsp3) is 0.429. The summed E-state index contributed by atoms with van der Waals surface area (Å²) < 4.78 is 0.858. The average Bonchev–Trinajstić information content (AvgIpc) is 2.40. The number of halogens is 1. The largest absolute Gasteiger partial charge is 0.324 e. The molecule has 5 heteroatoms. The molecule has 0 aliphatic rings. The van der Waals surface area contributed by atoms with Crippen LogP contribution in [-0.2, 0) is 4.79 Å². The van der Waals surface area contributed by atoms with Crippen molar-refractivity contribution in [1.82, 2.24) is 4.90 Å². The topological polar surface area (TPSA) is 56.1 Å². The van der Waals surface area contributed by atoms with Crippen LogP contribution in [0.4, 0.5) is 5.69 Å². The summed E-state index contributed by atoms with van der Waals surface area (Å²) in [4.78, 5) is 13.9. The minimum atomic E-state index is -0.0730. The summed E-state index contributed by atoms with van der Waals surface area (Å²) in [5.74, 6) is -0.143. The summed E-state index contributed by atoms with van der Waals surface area (Å²) in [5.41, 5.74) is 0.761. The number of hydrogen-bond acceptors (Lipinski definition) is 3. The molecule has 19 heavy (non-hydrogen) atoms. The van der Waals surface area contributed by atoms with Crippen molar-refractivity contribution in [2.45, 2.75) is 13.8 Å². The number of para-hydroxylation sites is 1. The number of nitrogens with one attached hydrogen (secondary N) is 1. The van der Waals surface area contributed by atoms with Gasteiger partial charge in [-0.2, -0.15) is 5.26 Å². The lowest BCUT2D eigenvalue weighted by atomic mass is 10.2. The van der Waals surface area contributed by atoms with Crippen molar-refractivity contribution in [3.63, 3.8) is 0 Å². The van der Waals surface area contributed by atoms with Gasteiger partial charge in [-0.05, 0) is 41.5 Å². The first-order valence-electron chi connectivity index (χ1n) is 6.23. The standard InChI is InChI=1S/C14H18BrN3O/c1-3-18(9-11(2)8-16)10-14(19)17-13-7-5-4-6-12(13)15/h4-7,11H,3,9-10H2,1-2H3,(H,17,19). The van der Waals surface area contributed by atoms with E-state index in [1.807, 2.05) is 43.0 Å². The van der Waals surface area contributed by atoms with Gasteiger partial charge in [0.1, 0.15) is 0 Å². The molecule has 0 aliphatic carbocycles. The van der Waals surface area contributed by atoms with Crippen molar-refractivity contribution < 1.29 is 4.79 Å². The molecule has 0 spiro atoms. The number of benzene rings is 1. The summed E-state index contributed by atoms with van der Waals surface area (Å²) in [6, 6.07) is 9.67. The molecule has 0 fully saturated rings. The normalized spacial score (nSPS) is 11.9. The summed E-state index contributed by atoms with van der Waals surface area (Å²) >= 11 is 3.39. The zero-order valence-corrected chi connectivity index (χ0v) is 12.8. The number of likely N-dealkylation sites (N-methyl/N-ethyl adjacent to an activating group) is 1. The first-order valence-corrected chi connectivity index (χ1v) is 7.02. The molecule has 102 valence electrons. The summed E-state index contributed by atoms with van der Waals surface area (Å²) in [7, 11) is 0. The number of hydrogen-bond donors (Lipinski definition) is 1. The first-order chi connectivity index (χ1) is 9.06. The van der Waals surface area contributed by atoms with E-state index < -0.39 is 0 Å². The number of carbonyl (C=O) groups is 1. The average molecular weight is 324 g/mol. The summed E-state index contributed by atoms with van der Waals surface area (Å²) in [6.07, 6.45) is 0. The van der Waals surface area contributed by atoms with Crippen molar-refractivity contribution >= 4 is 27.5 Å². The highest BCUT2D eigenvalue weighted by Crippen LogP contribution is 2.20. The van der Waals surface area contributed by atoms with Gasteiger partial charge in [-0.1, -0.05) is 19.1 Å². The highest BCUT2D eigenvalue weighted by Gasteiger charge is 2.13. The highest BCUT2D eigenvalue weighted by atomic mass is 79.9. The third-order valence-corrected chi connectivity index (χ3v) is 3.41. The van der Waals surface area contributed by atoms with Crippen LogP contribution in [0.3, 0.4) is 0 Å². The van der Waals surface area contributed by atoms with Crippen LogP contribution in [0.15, 0.2) is 28.7 Å². The second kappa shape index (κ2) is 7.93. The zero-order valence-electron chi connectivity index (χ0n) is 11.2. The van der Waals surface area contributed by atoms with Gasteiger partial charge >= 0.3 is 0 Å². The molecule has 1 unspecified atom stereocenters. The van der Waals surface area contributed by atoms with Crippen LogP contribution in [0.25, 0.3) is 0 Å². The van der Waals surface area contributed by atoms with Gasteiger partial charge in [0.15, 0.2) is 0 Å². The highest BCUT2D eigenvalue weighted by molar-refractivity contribution is 9.10. The lowest BCUT2D eigenvalue weighted by Crippen LogP contribution is -2.35. The molecule has 0 aromatic heterocycles. The van der Waals surface area contributed by atoms with Gasteiger partial charge < -0.3 is 5.32 Å². The fourth-order valence-corrected chi connectivity index (χ4v) is 2.07. The molecule has 1 aromatic carbocycles. The molecule has 0 saturated heterocycles. The van der Waals surface area contributed by atoms with E-state index >= 15 is 0 Å². The third-order valence-electron chi connectivity index (χ3n) is 2.71. The monoisotopic (exact) mass is 323 g/mol. The van der Waals surface area contributed by atoms with Crippen LogP contribution >= 0.6 is 15.9 Å². The first kappa shape index (κ1) is 15.7. The maximum Gasteiger partial charge on any atom is 0.238 e. The van der Waals surface area contributed by atoms with Gasteiger partial charge in [0.05, 0.1) is 24.2 Å². The molecule has 4 nitrogen and oxygen atoms in total. The number of rotatable bonds is 6. The Morgan fingerprint density at radius 1 is 1.53 bits per heavy atom. The van der Waals surface area contributed by atoms with Gasteiger partial charge in [-0.15, -0.1) is 0 Å². The molecule has 1 rings (SSSR count). The smallest absolute Gasteiger partial charge is 0.238 e. The predicted molar refractivity (Wildman–Crippen MR) is 79.7 cm³/mol. The molecular weight excluding hydrogens is 306 g/mol.